The molecule has 0 aromatic carbocycles. The Morgan fingerprint density at radius 3 is 3.11 bits per heavy atom. The molecule has 3 heteroatoms. The number of nitrogens with zero attached hydrogens (tertiary/aromatic N) is 1. The topological polar surface area (TPSA) is 48.0 Å². The Balaban J connectivity index is 2.28. The number of oxazole rings is 1. The van der Waals surface area contributed by atoms with E-state index in [-0.39, 0.29) is 0 Å². The molecule has 1 N–H and O–H groups in total. The molecule has 0 saturated carbocycles. The summed E-state index contributed by atoms with van der Waals surface area (Å²) in [6.07, 6.45) is 1.75. The molecule has 1 aromatic heterocycles. The van der Waals surface area contributed by atoms with Crippen molar-refractivity contribution in [3.8, 4) is 0 Å². The highest BCUT2D eigenvalue weighted by atomic mass is 16.4. The van der Waals surface area contributed by atoms with Crippen molar-refractivity contribution in [3.63, 3.8) is 0 Å². The van der Waals surface area contributed by atoms with Gasteiger partial charge in [0, 0.05) is 6.54 Å². The number of aryl methyl sites for hydroxylation is 1. The van der Waals surface area contributed by atoms with E-state index in [1.54, 1.807) is 6.20 Å². The van der Waals surface area contributed by atoms with Crippen molar-refractivity contribution < 1.29 is 4.42 Å². The Kier molecular flexibility index (Phi) is 0.873. The summed E-state index contributed by atoms with van der Waals surface area (Å²) in [5, 5.41) is 3.11. The van der Waals surface area contributed by atoms with Crippen LogP contribution in [0.2, 0.25) is 0 Å². The first-order chi connectivity index (χ1) is 4.36. The molecule has 0 aliphatic carbocycles. The molecule has 1 aliphatic rings. The van der Waals surface area contributed by atoms with Gasteiger partial charge in [0.2, 0.25) is 5.89 Å². The number of aromatic nitrogens is 1. The molecule has 9 heavy (non-hydrogen) atoms. The van der Waals surface area contributed by atoms with Gasteiger partial charge in [0.1, 0.15) is 5.76 Å². The van der Waals surface area contributed by atoms with Crippen LogP contribution in [0.15, 0.2) is 10.6 Å². The zero-order valence-corrected chi connectivity index (χ0v) is 5.22. The summed E-state index contributed by atoms with van der Waals surface area (Å²) in [5.41, 5.74) is 0. The van der Waals surface area contributed by atoms with Crippen LogP contribution >= 0.6 is 0 Å². The third kappa shape index (κ3) is 0.833. The van der Waals surface area contributed by atoms with Crippen LogP contribution in [-0.4, -0.2) is 11.5 Å². The van der Waals surface area contributed by atoms with Crippen molar-refractivity contribution in [2.24, 2.45) is 0 Å². The summed E-state index contributed by atoms with van der Waals surface area (Å²) >= 11 is 0. The van der Waals surface area contributed by atoms with Crippen molar-refractivity contribution in [2.45, 2.75) is 13.0 Å². The fourth-order valence-corrected chi connectivity index (χ4v) is 0.767. The average Bonchev–Trinajstić information content (AvgIpc) is 2.58. The molecular formula is C6H8N2O. The first-order valence-electron chi connectivity index (χ1n) is 3.02. The van der Waals surface area contributed by atoms with E-state index in [9.17, 15) is 0 Å². The summed E-state index contributed by atoms with van der Waals surface area (Å²) in [6.45, 7) is 2.92. The van der Waals surface area contributed by atoms with Crippen LogP contribution in [0.25, 0.3) is 0 Å². The lowest BCUT2D eigenvalue weighted by atomic mass is 10.5. The molecule has 0 amide bonds. The molecule has 1 fully saturated rings. The van der Waals surface area contributed by atoms with E-state index >= 15 is 0 Å². The van der Waals surface area contributed by atoms with Crippen molar-refractivity contribution in [2.75, 3.05) is 6.54 Å². The predicted molar refractivity (Wildman–Crippen MR) is 32.0 cm³/mol. The van der Waals surface area contributed by atoms with Gasteiger partial charge in [-0.2, -0.15) is 0 Å². The van der Waals surface area contributed by atoms with E-state index in [0.29, 0.717) is 6.04 Å². The number of hydrogen-bond acceptors (Lipinski definition) is 3. The van der Waals surface area contributed by atoms with Crippen LogP contribution < -0.4 is 5.32 Å². The van der Waals surface area contributed by atoms with E-state index in [0.717, 1.165) is 18.2 Å². The van der Waals surface area contributed by atoms with E-state index in [2.05, 4.69) is 10.3 Å². The van der Waals surface area contributed by atoms with Gasteiger partial charge in [-0.1, -0.05) is 0 Å². The van der Waals surface area contributed by atoms with Crippen molar-refractivity contribution >= 4 is 0 Å². The van der Waals surface area contributed by atoms with Crippen LogP contribution in [0, 0.1) is 6.92 Å². The highest BCUT2D eigenvalue weighted by Gasteiger charge is 2.26. The first kappa shape index (κ1) is 4.99. The molecule has 1 saturated heterocycles. The molecule has 0 spiro atoms. The van der Waals surface area contributed by atoms with E-state index < -0.39 is 0 Å². The van der Waals surface area contributed by atoms with Crippen molar-refractivity contribution in [3.05, 3.63) is 17.8 Å². The maximum absolute atomic E-state index is 5.23. The standard InChI is InChI=1S/C6H8N2O/c1-4-2-8-6(9-4)5-3-7-5/h2,5,7H,3H2,1H3. The van der Waals surface area contributed by atoms with E-state index in [1.807, 2.05) is 6.92 Å². The van der Waals surface area contributed by atoms with Crippen molar-refractivity contribution in [1.29, 1.82) is 0 Å². The molecule has 1 aliphatic heterocycles. The van der Waals surface area contributed by atoms with Gasteiger partial charge in [-0.3, -0.25) is 0 Å². The van der Waals surface area contributed by atoms with Crippen LogP contribution in [0.3, 0.4) is 0 Å². The summed E-state index contributed by atoms with van der Waals surface area (Å²) in [5.74, 6) is 1.71. The van der Waals surface area contributed by atoms with Gasteiger partial charge in [0.05, 0.1) is 12.2 Å². The second-order valence-corrected chi connectivity index (χ2v) is 2.27. The van der Waals surface area contributed by atoms with Gasteiger partial charge in [0.15, 0.2) is 0 Å². The molecule has 48 valence electrons. The molecule has 0 radical (unpaired) electrons. The highest BCUT2D eigenvalue weighted by molar-refractivity contribution is 5.03. The van der Waals surface area contributed by atoms with Gasteiger partial charge in [-0.15, -0.1) is 0 Å². The molecule has 2 rings (SSSR count). The zero-order chi connectivity index (χ0) is 6.27. The lowest BCUT2D eigenvalue weighted by molar-refractivity contribution is 0.471. The monoisotopic (exact) mass is 124 g/mol. The molecule has 0 bridgehead atoms. The van der Waals surface area contributed by atoms with E-state index in [1.165, 1.54) is 0 Å². The Morgan fingerprint density at radius 1 is 1.89 bits per heavy atom. The quantitative estimate of drug-likeness (QED) is 0.558. The number of rotatable bonds is 1. The smallest absolute Gasteiger partial charge is 0.212 e. The minimum atomic E-state index is 0.402. The second-order valence-electron chi connectivity index (χ2n) is 2.27. The third-order valence-corrected chi connectivity index (χ3v) is 1.35. The average molecular weight is 124 g/mol. The summed E-state index contributed by atoms with van der Waals surface area (Å²) in [6, 6.07) is 0.402. The fraction of sp³-hybridized carbons (Fsp3) is 0.500. The highest BCUT2D eigenvalue weighted by Crippen LogP contribution is 2.19. The summed E-state index contributed by atoms with van der Waals surface area (Å²) in [7, 11) is 0. The minimum absolute atomic E-state index is 0.402. The molecule has 2 heterocycles. The first-order valence-corrected chi connectivity index (χ1v) is 3.02. The third-order valence-electron chi connectivity index (χ3n) is 1.35. The number of nitrogens with one attached hydrogen (secondary N) is 1. The normalized spacial score (nSPS) is 24.3. The maximum atomic E-state index is 5.23. The lowest BCUT2D eigenvalue weighted by Crippen LogP contribution is -1.80. The molecule has 1 atom stereocenters. The molecule has 1 unspecified atom stereocenters. The Bertz CT molecular complexity index is 215. The van der Waals surface area contributed by atoms with Gasteiger partial charge < -0.3 is 9.73 Å². The zero-order valence-electron chi connectivity index (χ0n) is 5.22. The predicted octanol–water partition coefficient (Wildman–Crippen LogP) is 0.627. The number of hydrogen-bond donors (Lipinski definition) is 1. The van der Waals surface area contributed by atoms with Gasteiger partial charge in [-0.05, 0) is 6.92 Å². The SMILES string of the molecule is Cc1cnc(C2CN2)o1. The molecule has 3 nitrogen and oxygen atoms in total. The van der Waals surface area contributed by atoms with Gasteiger partial charge in [-0.25, -0.2) is 4.98 Å². The molecular weight excluding hydrogens is 116 g/mol. The second kappa shape index (κ2) is 1.57. The Labute approximate surface area is 53.1 Å². The largest absolute Gasteiger partial charge is 0.444 e. The van der Waals surface area contributed by atoms with Crippen molar-refractivity contribution in [1.82, 2.24) is 10.3 Å². The van der Waals surface area contributed by atoms with E-state index in [4.69, 9.17) is 4.42 Å². The van der Waals surface area contributed by atoms with Gasteiger partial charge >= 0.3 is 0 Å². The Morgan fingerprint density at radius 2 is 2.67 bits per heavy atom. The van der Waals surface area contributed by atoms with Crippen LogP contribution in [0.1, 0.15) is 17.7 Å². The van der Waals surface area contributed by atoms with Gasteiger partial charge in [0.25, 0.3) is 0 Å². The minimum Gasteiger partial charge on any atom is -0.444 e. The molecule has 1 aromatic rings. The summed E-state index contributed by atoms with van der Waals surface area (Å²) in [4.78, 5) is 4.05. The van der Waals surface area contributed by atoms with Crippen LogP contribution in [0.4, 0.5) is 0 Å². The lowest BCUT2D eigenvalue weighted by Gasteiger charge is -1.82. The fourth-order valence-electron chi connectivity index (χ4n) is 0.767. The Hall–Kier alpha value is -0.830. The maximum Gasteiger partial charge on any atom is 0.212 e. The van der Waals surface area contributed by atoms with Crippen LogP contribution in [0.5, 0.6) is 0 Å². The van der Waals surface area contributed by atoms with Crippen LogP contribution in [-0.2, 0) is 0 Å². The summed E-state index contributed by atoms with van der Waals surface area (Å²) < 4.78 is 5.23.